The molecule has 0 heterocycles. The van der Waals surface area contributed by atoms with Gasteiger partial charge in [0, 0.05) is 6.04 Å². The van der Waals surface area contributed by atoms with Gasteiger partial charge in [-0.15, -0.1) is 0 Å². The zero-order valence-corrected chi connectivity index (χ0v) is 7.05. The van der Waals surface area contributed by atoms with E-state index in [1.807, 2.05) is 0 Å². The summed E-state index contributed by atoms with van der Waals surface area (Å²) in [5.74, 6) is 5.37. The Hall–Kier alpha value is -0.340. The van der Waals surface area contributed by atoms with Crippen LogP contribution >= 0.6 is 0 Å². The van der Waals surface area contributed by atoms with E-state index < -0.39 is 0 Å². The van der Waals surface area contributed by atoms with Gasteiger partial charge in [-0.2, -0.15) is 0 Å². The lowest BCUT2D eigenvalue weighted by Gasteiger charge is -2.09. The van der Waals surface area contributed by atoms with Crippen LogP contribution in [-0.4, -0.2) is 6.04 Å². The van der Waals surface area contributed by atoms with Gasteiger partial charge in [-0.25, -0.2) is 0 Å². The zero-order valence-electron chi connectivity index (χ0n) is 7.05. The van der Waals surface area contributed by atoms with Crippen LogP contribution in [0.4, 0.5) is 0 Å². The molecule has 0 radical (unpaired) electrons. The van der Waals surface area contributed by atoms with E-state index in [0.29, 0.717) is 6.04 Å². The Kier molecular flexibility index (Phi) is 4.24. The first-order valence-electron chi connectivity index (χ1n) is 4.56. The molecule has 2 heteroatoms. The second kappa shape index (κ2) is 5.33. The lowest BCUT2D eigenvalue weighted by atomic mass is 10.1. The Labute approximate surface area is 68.8 Å². The van der Waals surface area contributed by atoms with Crippen molar-refractivity contribution in [1.82, 2.24) is 5.43 Å². The van der Waals surface area contributed by atoms with Gasteiger partial charge in [0.05, 0.1) is 0 Å². The van der Waals surface area contributed by atoms with Crippen molar-refractivity contribution in [1.29, 1.82) is 0 Å². The van der Waals surface area contributed by atoms with Crippen molar-refractivity contribution in [3.05, 3.63) is 12.2 Å². The SMILES string of the molecule is NNC1/C=C\CCCCCC1. The highest BCUT2D eigenvalue weighted by molar-refractivity contribution is 4.92. The van der Waals surface area contributed by atoms with Gasteiger partial charge in [-0.05, 0) is 19.3 Å². The summed E-state index contributed by atoms with van der Waals surface area (Å²) in [6, 6.07) is 0.410. The van der Waals surface area contributed by atoms with Crippen molar-refractivity contribution in [3.8, 4) is 0 Å². The first kappa shape index (κ1) is 8.75. The van der Waals surface area contributed by atoms with Crippen molar-refractivity contribution in [2.75, 3.05) is 0 Å². The van der Waals surface area contributed by atoms with Gasteiger partial charge in [0.25, 0.3) is 0 Å². The number of rotatable bonds is 1. The Morgan fingerprint density at radius 1 is 1.18 bits per heavy atom. The molecule has 0 saturated carbocycles. The van der Waals surface area contributed by atoms with E-state index in [1.54, 1.807) is 0 Å². The van der Waals surface area contributed by atoms with Crippen molar-refractivity contribution in [2.24, 2.45) is 5.84 Å². The number of hydrogen-bond acceptors (Lipinski definition) is 2. The molecular formula is C9H18N2. The van der Waals surface area contributed by atoms with Crippen LogP contribution in [0.1, 0.15) is 38.5 Å². The molecule has 0 saturated heterocycles. The van der Waals surface area contributed by atoms with Crippen LogP contribution in [0, 0.1) is 0 Å². The van der Waals surface area contributed by atoms with Gasteiger partial charge in [0.1, 0.15) is 0 Å². The molecule has 11 heavy (non-hydrogen) atoms. The topological polar surface area (TPSA) is 38.0 Å². The molecule has 0 fully saturated rings. The highest BCUT2D eigenvalue weighted by Crippen LogP contribution is 2.11. The van der Waals surface area contributed by atoms with E-state index in [-0.39, 0.29) is 0 Å². The van der Waals surface area contributed by atoms with Gasteiger partial charge >= 0.3 is 0 Å². The third kappa shape index (κ3) is 3.54. The summed E-state index contributed by atoms with van der Waals surface area (Å²) < 4.78 is 0. The van der Waals surface area contributed by atoms with E-state index in [2.05, 4.69) is 17.6 Å². The Morgan fingerprint density at radius 2 is 2.00 bits per heavy atom. The average molecular weight is 154 g/mol. The summed E-state index contributed by atoms with van der Waals surface area (Å²) in [4.78, 5) is 0. The molecule has 1 aliphatic rings. The molecule has 3 N–H and O–H groups in total. The van der Waals surface area contributed by atoms with E-state index in [1.165, 1.54) is 38.5 Å². The molecule has 0 aromatic heterocycles. The highest BCUT2D eigenvalue weighted by Gasteiger charge is 2.02. The number of nitrogens with one attached hydrogen (secondary N) is 1. The summed E-state index contributed by atoms with van der Waals surface area (Å²) in [7, 11) is 0. The molecule has 1 aliphatic carbocycles. The molecule has 0 amide bonds. The second-order valence-corrected chi connectivity index (χ2v) is 3.19. The fraction of sp³-hybridized carbons (Fsp3) is 0.778. The Morgan fingerprint density at radius 3 is 2.82 bits per heavy atom. The van der Waals surface area contributed by atoms with Crippen LogP contribution in [-0.2, 0) is 0 Å². The first-order valence-corrected chi connectivity index (χ1v) is 4.56. The minimum atomic E-state index is 0.410. The molecular weight excluding hydrogens is 136 g/mol. The maximum absolute atomic E-state index is 5.37. The van der Waals surface area contributed by atoms with Crippen molar-refractivity contribution < 1.29 is 0 Å². The highest BCUT2D eigenvalue weighted by atomic mass is 15.2. The van der Waals surface area contributed by atoms with E-state index >= 15 is 0 Å². The van der Waals surface area contributed by atoms with Crippen LogP contribution in [0.5, 0.6) is 0 Å². The number of allylic oxidation sites excluding steroid dienone is 1. The number of hydrogen-bond donors (Lipinski definition) is 2. The van der Waals surface area contributed by atoms with Crippen LogP contribution < -0.4 is 11.3 Å². The van der Waals surface area contributed by atoms with Crippen LogP contribution in [0.15, 0.2) is 12.2 Å². The Bertz CT molecular complexity index is 121. The Balaban J connectivity index is 2.32. The summed E-state index contributed by atoms with van der Waals surface area (Å²) in [6.07, 6.45) is 12.2. The quantitative estimate of drug-likeness (QED) is 0.343. The fourth-order valence-corrected chi connectivity index (χ4v) is 1.48. The molecule has 0 bridgehead atoms. The third-order valence-electron chi connectivity index (χ3n) is 2.22. The van der Waals surface area contributed by atoms with Crippen LogP contribution in [0.2, 0.25) is 0 Å². The predicted molar refractivity (Wildman–Crippen MR) is 48.0 cm³/mol. The minimum Gasteiger partial charge on any atom is -0.271 e. The number of nitrogens with two attached hydrogens (primary N) is 1. The smallest absolute Gasteiger partial charge is 0.0390 e. The standard InChI is InChI=1S/C9H18N2/c10-11-9-7-5-3-1-2-4-6-8-9/h5,7,9,11H,1-4,6,8,10H2/b7-5-. The van der Waals surface area contributed by atoms with Crippen LogP contribution in [0.25, 0.3) is 0 Å². The number of hydrazine groups is 1. The molecule has 1 rings (SSSR count). The maximum atomic E-state index is 5.37. The van der Waals surface area contributed by atoms with Crippen LogP contribution in [0.3, 0.4) is 0 Å². The molecule has 64 valence electrons. The summed E-state index contributed by atoms with van der Waals surface area (Å²) in [5.41, 5.74) is 2.81. The summed E-state index contributed by atoms with van der Waals surface area (Å²) in [6.45, 7) is 0. The van der Waals surface area contributed by atoms with Gasteiger partial charge in [0.2, 0.25) is 0 Å². The largest absolute Gasteiger partial charge is 0.271 e. The summed E-state index contributed by atoms with van der Waals surface area (Å²) in [5, 5.41) is 0. The maximum Gasteiger partial charge on any atom is 0.0390 e. The van der Waals surface area contributed by atoms with E-state index in [4.69, 9.17) is 5.84 Å². The third-order valence-corrected chi connectivity index (χ3v) is 2.22. The first-order chi connectivity index (χ1) is 5.43. The normalized spacial score (nSPS) is 30.1. The van der Waals surface area contributed by atoms with Crippen molar-refractivity contribution >= 4 is 0 Å². The zero-order chi connectivity index (χ0) is 7.94. The fourth-order valence-electron chi connectivity index (χ4n) is 1.48. The molecule has 2 nitrogen and oxygen atoms in total. The van der Waals surface area contributed by atoms with Crippen molar-refractivity contribution in [3.63, 3.8) is 0 Å². The van der Waals surface area contributed by atoms with E-state index in [0.717, 1.165) is 0 Å². The molecule has 0 aromatic rings. The van der Waals surface area contributed by atoms with Gasteiger partial charge in [-0.1, -0.05) is 31.4 Å². The molecule has 1 atom stereocenters. The van der Waals surface area contributed by atoms with Gasteiger partial charge in [-0.3, -0.25) is 11.3 Å². The molecule has 0 spiro atoms. The minimum absolute atomic E-state index is 0.410. The van der Waals surface area contributed by atoms with Crippen molar-refractivity contribution in [2.45, 2.75) is 44.6 Å². The molecule has 0 aromatic carbocycles. The lowest BCUT2D eigenvalue weighted by molar-refractivity contribution is 0.534. The lowest BCUT2D eigenvalue weighted by Crippen LogP contribution is -2.33. The van der Waals surface area contributed by atoms with Gasteiger partial charge in [0.15, 0.2) is 0 Å². The van der Waals surface area contributed by atoms with Gasteiger partial charge < -0.3 is 0 Å². The molecule has 1 unspecified atom stereocenters. The molecule has 0 aliphatic heterocycles. The van der Waals surface area contributed by atoms with E-state index in [9.17, 15) is 0 Å². The average Bonchev–Trinajstić information content (AvgIpc) is 2.16. The second-order valence-electron chi connectivity index (χ2n) is 3.19. The predicted octanol–water partition coefficient (Wildman–Crippen LogP) is 1.73. The summed E-state index contributed by atoms with van der Waals surface area (Å²) >= 11 is 0. The monoisotopic (exact) mass is 154 g/mol.